The minimum atomic E-state index is -0.703. The van der Waals surface area contributed by atoms with Crippen molar-refractivity contribution >= 4 is 0 Å². The Morgan fingerprint density at radius 3 is 2.57 bits per heavy atom. The standard InChI is InChI=1S/C20H29NO2/c1-5-6-7-8-16-9-11-17(12-10-16)13-14-19(22)18-15-23-20(2,3)21(18)4/h9-12,18-19,22H,5-8,15H2,1-4H3/t18-,19+/m1/s1. The van der Waals surface area contributed by atoms with Crippen molar-refractivity contribution < 1.29 is 9.84 Å². The summed E-state index contributed by atoms with van der Waals surface area (Å²) in [6.45, 7) is 6.74. The van der Waals surface area contributed by atoms with Crippen LogP contribution >= 0.6 is 0 Å². The molecule has 1 aromatic carbocycles. The van der Waals surface area contributed by atoms with Gasteiger partial charge in [0.15, 0.2) is 0 Å². The predicted octanol–water partition coefficient (Wildman–Crippen LogP) is 3.20. The van der Waals surface area contributed by atoms with E-state index in [1.165, 1.54) is 24.8 Å². The quantitative estimate of drug-likeness (QED) is 0.669. The lowest BCUT2D eigenvalue weighted by atomic mass is 10.0. The van der Waals surface area contributed by atoms with Crippen molar-refractivity contribution in [2.45, 2.75) is 64.3 Å². The largest absolute Gasteiger partial charge is 0.379 e. The maximum Gasteiger partial charge on any atom is 0.132 e. The van der Waals surface area contributed by atoms with Crippen LogP contribution < -0.4 is 0 Å². The summed E-state index contributed by atoms with van der Waals surface area (Å²) in [5.74, 6) is 6.05. The molecule has 0 spiro atoms. The number of ether oxygens (including phenoxy) is 1. The molecule has 0 unspecified atom stereocenters. The van der Waals surface area contributed by atoms with E-state index in [2.05, 4.69) is 30.9 Å². The van der Waals surface area contributed by atoms with Gasteiger partial charge in [0.25, 0.3) is 0 Å². The molecule has 2 rings (SSSR count). The SMILES string of the molecule is CCCCCc1ccc(C#C[C@H](O)[C@H]2COC(C)(C)N2C)cc1. The maximum atomic E-state index is 10.3. The predicted molar refractivity (Wildman–Crippen MR) is 94.1 cm³/mol. The highest BCUT2D eigenvalue weighted by molar-refractivity contribution is 5.37. The Kier molecular flexibility index (Phi) is 6.24. The molecule has 0 bridgehead atoms. The van der Waals surface area contributed by atoms with Crippen molar-refractivity contribution in [1.82, 2.24) is 4.90 Å². The van der Waals surface area contributed by atoms with E-state index >= 15 is 0 Å². The molecule has 0 aromatic heterocycles. The minimum Gasteiger partial charge on any atom is -0.379 e. The molecule has 0 radical (unpaired) electrons. The number of aryl methyl sites for hydroxylation is 1. The molecule has 0 saturated carbocycles. The van der Waals surface area contributed by atoms with E-state index < -0.39 is 6.10 Å². The third-order valence-electron chi connectivity index (χ3n) is 4.71. The van der Waals surface area contributed by atoms with Gasteiger partial charge in [0.05, 0.1) is 12.6 Å². The molecule has 0 amide bonds. The second-order valence-corrected chi connectivity index (χ2v) is 6.80. The highest BCUT2D eigenvalue weighted by Crippen LogP contribution is 2.26. The summed E-state index contributed by atoms with van der Waals surface area (Å²) in [4.78, 5) is 2.04. The number of likely N-dealkylation sites (N-methyl/N-ethyl adjacent to an activating group) is 1. The first-order chi connectivity index (χ1) is 10.9. The fourth-order valence-electron chi connectivity index (χ4n) is 2.79. The van der Waals surface area contributed by atoms with Crippen molar-refractivity contribution in [2.75, 3.05) is 13.7 Å². The Morgan fingerprint density at radius 2 is 2.00 bits per heavy atom. The van der Waals surface area contributed by atoms with E-state index in [1.807, 2.05) is 37.9 Å². The monoisotopic (exact) mass is 315 g/mol. The zero-order chi connectivity index (χ0) is 16.9. The van der Waals surface area contributed by atoms with E-state index in [1.54, 1.807) is 0 Å². The second-order valence-electron chi connectivity index (χ2n) is 6.80. The van der Waals surface area contributed by atoms with Gasteiger partial charge in [-0.25, -0.2) is 0 Å². The van der Waals surface area contributed by atoms with Crippen LogP contribution in [0.4, 0.5) is 0 Å². The first-order valence-corrected chi connectivity index (χ1v) is 8.59. The zero-order valence-electron chi connectivity index (χ0n) is 14.8. The molecular formula is C20H29NO2. The van der Waals surface area contributed by atoms with Crippen LogP contribution in [-0.4, -0.2) is 41.5 Å². The number of aliphatic hydroxyl groups excluding tert-OH is 1. The Hall–Kier alpha value is -1.34. The van der Waals surface area contributed by atoms with Gasteiger partial charge in [-0.05, 0) is 51.4 Å². The van der Waals surface area contributed by atoms with Crippen LogP contribution in [0.15, 0.2) is 24.3 Å². The minimum absolute atomic E-state index is 0.0779. The van der Waals surface area contributed by atoms with Gasteiger partial charge in [0.2, 0.25) is 0 Å². The van der Waals surface area contributed by atoms with Gasteiger partial charge in [0, 0.05) is 5.56 Å². The van der Waals surface area contributed by atoms with Crippen LogP contribution in [0.3, 0.4) is 0 Å². The smallest absolute Gasteiger partial charge is 0.132 e. The lowest BCUT2D eigenvalue weighted by Gasteiger charge is -2.30. The van der Waals surface area contributed by atoms with Crippen LogP contribution in [0.5, 0.6) is 0 Å². The summed E-state index contributed by atoms with van der Waals surface area (Å²) in [6.07, 6.45) is 4.19. The summed E-state index contributed by atoms with van der Waals surface area (Å²) in [5, 5.41) is 10.3. The number of unbranched alkanes of at least 4 members (excludes halogenated alkanes) is 2. The summed E-state index contributed by atoms with van der Waals surface area (Å²) in [7, 11) is 1.97. The maximum absolute atomic E-state index is 10.3. The van der Waals surface area contributed by atoms with Crippen molar-refractivity contribution in [1.29, 1.82) is 0 Å². The van der Waals surface area contributed by atoms with Crippen LogP contribution in [0, 0.1) is 11.8 Å². The first-order valence-electron chi connectivity index (χ1n) is 8.59. The van der Waals surface area contributed by atoms with Gasteiger partial charge in [-0.2, -0.15) is 0 Å². The molecule has 23 heavy (non-hydrogen) atoms. The summed E-state index contributed by atoms with van der Waals surface area (Å²) >= 11 is 0. The molecule has 126 valence electrons. The van der Waals surface area contributed by atoms with Gasteiger partial charge < -0.3 is 9.84 Å². The molecule has 1 aliphatic heterocycles. The van der Waals surface area contributed by atoms with Crippen LogP contribution in [0.25, 0.3) is 0 Å². The Labute approximate surface area is 140 Å². The molecular weight excluding hydrogens is 286 g/mol. The molecule has 2 atom stereocenters. The summed E-state index contributed by atoms with van der Waals surface area (Å²) in [5.41, 5.74) is 1.97. The van der Waals surface area contributed by atoms with Crippen molar-refractivity contribution in [3.05, 3.63) is 35.4 Å². The molecule has 3 nitrogen and oxygen atoms in total. The number of nitrogens with zero attached hydrogens (tertiary/aromatic N) is 1. The number of rotatable bonds is 5. The van der Waals surface area contributed by atoms with E-state index in [9.17, 15) is 5.11 Å². The lowest BCUT2D eigenvalue weighted by Crippen LogP contribution is -2.45. The van der Waals surface area contributed by atoms with Crippen LogP contribution in [-0.2, 0) is 11.2 Å². The third kappa shape index (κ3) is 4.81. The van der Waals surface area contributed by atoms with Gasteiger partial charge in [-0.3, -0.25) is 4.90 Å². The molecule has 3 heteroatoms. The lowest BCUT2D eigenvalue weighted by molar-refractivity contribution is -0.0441. The van der Waals surface area contributed by atoms with Crippen molar-refractivity contribution in [2.24, 2.45) is 0 Å². The first kappa shape index (κ1) is 18.0. The summed E-state index contributed by atoms with van der Waals surface area (Å²) in [6, 6.07) is 8.28. The van der Waals surface area contributed by atoms with E-state index in [0.717, 1.165) is 12.0 Å². The third-order valence-corrected chi connectivity index (χ3v) is 4.71. The van der Waals surface area contributed by atoms with Crippen LogP contribution in [0.1, 0.15) is 51.2 Å². The van der Waals surface area contributed by atoms with Gasteiger partial charge in [-0.15, -0.1) is 0 Å². The van der Waals surface area contributed by atoms with E-state index in [0.29, 0.717) is 6.61 Å². The number of hydrogen-bond donors (Lipinski definition) is 1. The van der Waals surface area contributed by atoms with Crippen molar-refractivity contribution in [3.8, 4) is 11.8 Å². The molecule has 1 aromatic rings. The zero-order valence-corrected chi connectivity index (χ0v) is 14.8. The Morgan fingerprint density at radius 1 is 1.30 bits per heavy atom. The summed E-state index contributed by atoms with van der Waals surface area (Å²) < 4.78 is 5.70. The number of hydrogen-bond acceptors (Lipinski definition) is 3. The molecule has 1 N–H and O–H groups in total. The Balaban J connectivity index is 1.93. The highest BCUT2D eigenvalue weighted by Gasteiger charge is 2.40. The Bertz CT molecular complexity index is 553. The van der Waals surface area contributed by atoms with E-state index in [4.69, 9.17) is 4.74 Å². The van der Waals surface area contributed by atoms with Crippen LogP contribution in [0.2, 0.25) is 0 Å². The topological polar surface area (TPSA) is 32.7 Å². The van der Waals surface area contributed by atoms with Crippen molar-refractivity contribution in [3.63, 3.8) is 0 Å². The normalized spacial score (nSPS) is 21.7. The number of aliphatic hydroxyl groups is 1. The molecule has 0 aliphatic carbocycles. The fraction of sp³-hybridized carbons (Fsp3) is 0.600. The molecule has 1 heterocycles. The van der Waals surface area contributed by atoms with Gasteiger partial charge in [-0.1, -0.05) is 43.7 Å². The molecule has 1 saturated heterocycles. The molecule has 1 fully saturated rings. The number of benzene rings is 1. The average Bonchev–Trinajstić information content (AvgIpc) is 2.80. The second kappa shape index (κ2) is 7.97. The highest BCUT2D eigenvalue weighted by atomic mass is 16.5. The van der Waals surface area contributed by atoms with Gasteiger partial charge >= 0.3 is 0 Å². The molecule has 1 aliphatic rings. The van der Waals surface area contributed by atoms with Gasteiger partial charge in [0.1, 0.15) is 11.8 Å². The fourth-order valence-corrected chi connectivity index (χ4v) is 2.79. The average molecular weight is 315 g/mol. The van der Waals surface area contributed by atoms with E-state index in [-0.39, 0.29) is 11.8 Å².